The Morgan fingerprint density at radius 3 is 1.52 bits per heavy atom. The van der Waals surface area contributed by atoms with Crippen molar-refractivity contribution in [3.05, 3.63) is 208 Å². The van der Waals surface area contributed by atoms with Crippen LogP contribution in [0.25, 0.3) is 66.4 Å². The molecule has 3 heteroatoms. The molecule has 1 spiro atoms. The first kappa shape index (κ1) is 28.4. The van der Waals surface area contributed by atoms with Crippen LogP contribution in [-0.4, -0.2) is 4.92 Å². The maximum absolute atomic E-state index is 12.5. The normalized spacial score (nSPS) is 13.1. The van der Waals surface area contributed by atoms with Crippen LogP contribution in [0.3, 0.4) is 0 Å². The van der Waals surface area contributed by atoms with Crippen LogP contribution in [0.4, 0.5) is 5.69 Å². The molecule has 0 aliphatic heterocycles. The van der Waals surface area contributed by atoms with E-state index in [1.807, 2.05) is 18.2 Å². The lowest BCUT2D eigenvalue weighted by molar-refractivity contribution is -0.384. The number of hydrogen-bond donors (Lipinski definition) is 0. The summed E-state index contributed by atoms with van der Waals surface area (Å²) in [6.07, 6.45) is 0. The molecule has 0 bridgehead atoms. The molecule has 50 heavy (non-hydrogen) atoms. The fourth-order valence-corrected chi connectivity index (χ4v) is 8.74. The molecule has 0 unspecified atom stereocenters. The number of rotatable bonds is 4. The number of nitrogens with zero attached hydrogens (tertiary/aromatic N) is 1. The Labute approximate surface area is 289 Å². The molecule has 0 saturated carbocycles. The van der Waals surface area contributed by atoms with Crippen molar-refractivity contribution in [3.63, 3.8) is 0 Å². The minimum atomic E-state index is -0.658. The SMILES string of the molecule is O=[N+]([O-])c1ccccc1-c1cc2c(c3ccccc13)-c1ccccc1C21c2cc(-c3ccccc3)ccc2-c2ccc(-c3ccccc3)cc21. The molecule has 3 nitrogen and oxygen atoms in total. The summed E-state index contributed by atoms with van der Waals surface area (Å²) < 4.78 is 0. The minimum Gasteiger partial charge on any atom is -0.258 e. The average Bonchev–Trinajstić information content (AvgIpc) is 3.64. The first-order chi connectivity index (χ1) is 24.6. The van der Waals surface area contributed by atoms with Gasteiger partial charge in [0.25, 0.3) is 5.69 Å². The van der Waals surface area contributed by atoms with E-state index < -0.39 is 5.41 Å². The van der Waals surface area contributed by atoms with Gasteiger partial charge < -0.3 is 0 Å². The molecular formula is C47H29NO2. The van der Waals surface area contributed by atoms with Gasteiger partial charge in [0.2, 0.25) is 0 Å². The van der Waals surface area contributed by atoms with E-state index in [0.717, 1.165) is 44.2 Å². The van der Waals surface area contributed by atoms with Crippen LogP contribution < -0.4 is 0 Å². The monoisotopic (exact) mass is 639 g/mol. The summed E-state index contributed by atoms with van der Waals surface area (Å²) in [7, 11) is 0. The lowest BCUT2D eigenvalue weighted by Crippen LogP contribution is -2.26. The lowest BCUT2D eigenvalue weighted by atomic mass is 9.69. The highest BCUT2D eigenvalue weighted by Crippen LogP contribution is 2.65. The quantitative estimate of drug-likeness (QED) is 0.142. The molecule has 234 valence electrons. The second-order valence-electron chi connectivity index (χ2n) is 13.2. The molecule has 8 aromatic rings. The Bertz CT molecular complexity index is 2590. The summed E-state index contributed by atoms with van der Waals surface area (Å²) in [6, 6.07) is 61.6. The molecule has 10 rings (SSSR count). The highest BCUT2D eigenvalue weighted by molar-refractivity contribution is 6.12. The summed E-state index contributed by atoms with van der Waals surface area (Å²) >= 11 is 0. The Kier molecular flexibility index (Phi) is 6.09. The number of nitro groups is 1. The van der Waals surface area contributed by atoms with Crippen molar-refractivity contribution in [2.45, 2.75) is 5.41 Å². The molecule has 0 N–H and O–H groups in total. The molecule has 8 aromatic carbocycles. The van der Waals surface area contributed by atoms with Gasteiger partial charge in [-0.05, 0) is 107 Å². The highest BCUT2D eigenvalue weighted by Gasteiger charge is 2.52. The molecule has 0 fully saturated rings. The van der Waals surface area contributed by atoms with Gasteiger partial charge >= 0.3 is 0 Å². The molecule has 0 heterocycles. The predicted molar refractivity (Wildman–Crippen MR) is 203 cm³/mol. The molecule has 0 atom stereocenters. The maximum atomic E-state index is 12.5. The predicted octanol–water partition coefficient (Wildman–Crippen LogP) is 12.1. The highest BCUT2D eigenvalue weighted by atomic mass is 16.6. The van der Waals surface area contributed by atoms with Gasteiger partial charge in [-0.1, -0.05) is 146 Å². The second kappa shape index (κ2) is 10.7. The third-order valence-corrected chi connectivity index (χ3v) is 10.8. The topological polar surface area (TPSA) is 43.1 Å². The second-order valence-corrected chi connectivity index (χ2v) is 13.2. The molecule has 2 aliphatic carbocycles. The minimum absolute atomic E-state index is 0.104. The van der Waals surface area contributed by atoms with Crippen molar-refractivity contribution >= 4 is 16.5 Å². The van der Waals surface area contributed by atoms with Gasteiger partial charge in [0.1, 0.15) is 0 Å². The van der Waals surface area contributed by atoms with Crippen molar-refractivity contribution in [1.29, 1.82) is 0 Å². The molecule has 2 aliphatic rings. The summed E-state index contributed by atoms with van der Waals surface area (Å²) in [5, 5.41) is 14.6. The lowest BCUT2D eigenvalue weighted by Gasteiger charge is -2.31. The van der Waals surface area contributed by atoms with Crippen LogP contribution >= 0.6 is 0 Å². The molecule has 0 aromatic heterocycles. The van der Waals surface area contributed by atoms with E-state index >= 15 is 0 Å². The summed E-state index contributed by atoms with van der Waals surface area (Å²) in [4.78, 5) is 12.2. The fraction of sp³-hybridized carbons (Fsp3) is 0.0213. The van der Waals surface area contributed by atoms with Gasteiger partial charge in [0.15, 0.2) is 0 Å². The fourth-order valence-electron chi connectivity index (χ4n) is 8.74. The molecular weight excluding hydrogens is 611 g/mol. The Balaban J connectivity index is 1.38. The van der Waals surface area contributed by atoms with Crippen molar-refractivity contribution in [3.8, 4) is 55.6 Å². The van der Waals surface area contributed by atoms with Crippen molar-refractivity contribution in [2.75, 3.05) is 0 Å². The van der Waals surface area contributed by atoms with Gasteiger partial charge in [-0.15, -0.1) is 0 Å². The zero-order chi connectivity index (χ0) is 33.4. The van der Waals surface area contributed by atoms with Crippen LogP contribution in [0.2, 0.25) is 0 Å². The van der Waals surface area contributed by atoms with E-state index in [9.17, 15) is 10.1 Å². The Morgan fingerprint density at radius 2 is 0.900 bits per heavy atom. The Morgan fingerprint density at radius 1 is 0.380 bits per heavy atom. The van der Waals surface area contributed by atoms with Crippen LogP contribution in [0.5, 0.6) is 0 Å². The van der Waals surface area contributed by atoms with Crippen molar-refractivity contribution in [1.82, 2.24) is 0 Å². The Hall–Kier alpha value is -6.58. The zero-order valence-corrected chi connectivity index (χ0v) is 27.0. The van der Waals surface area contributed by atoms with Gasteiger partial charge in [0.05, 0.1) is 15.9 Å². The smallest absolute Gasteiger partial charge is 0.258 e. The molecule has 0 radical (unpaired) electrons. The van der Waals surface area contributed by atoms with Gasteiger partial charge in [-0.25, -0.2) is 0 Å². The van der Waals surface area contributed by atoms with Crippen LogP contribution in [0, 0.1) is 10.1 Å². The van der Waals surface area contributed by atoms with Crippen molar-refractivity contribution < 1.29 is 4.92 Å². The van der Waals surface area contributed by atoms with E-state index in [1.54, 1.807) is 12.1 Å². The van der Waals surface area contributed by atoms with Gasteiger partial charge in [0, 0.05) is 6.07 Å². The number of para-hydroxylation sites is 1. The number of fused-ring (bicyclic) bond motifs is 12. The molecule has 0 saturated heterocycles. The van der Waals surface area contributed by atoms with E-state index in [2.05, 4.69) is 146 Å². The van der Waals surface area contributed by atoms with Crippen LogP contribution in [0.15, 0.2) is 176 Å². The largest absolute Gasteiger partial charge is 0.277 e. The number of benzene rings is 8. The summed E-state index contributed by atoms with van der Waals surface area (Å²) in [6.45, 7) is 0. The first-order valence-electron chi connectivity index (χ1n) is 16.9. The average molecular weight is 640 g/mol. The standard InChI is InChI=1S/C47H29NO2/c49-48(50)45-22-12-10-18-37(45)40-29-44-46(38-19-8-7-17-34(38)40)39-20-9-11-21-41(39)47(44)42-27-32(30-13-3-1-4-14-30)23-25-35(42)36-26-24-33(28-43(36)47)31-15-5-2-6-16-31/h1-29H. The molecule has 0 amide bonds. The number of hydrogen-bond acceptors (Lipinski definition) is 2. The van der Waals surface area contributed by atoms with E-state index in [1.165, 1.54) is 38.9 Å². The third kappa shape index (κ3) is 3.86. The first-order valence-corrected chi connectivity index (χ1v) is 16.9. The van der Waals surface area contributed by atoms with Crippen molar-refractivity contribution in [2.24, 2.45) is 0 Å². The van der Waals surface area contributed by atoms with Crippen LogP contribution in [0.1, 0.15) is 22.3 Å². The number of nitro benzene ring substituents is 1. The van der Waals surface area contributed by atoms with E-state index in [0.29, 0.717) is 5.56 Å². The van der Waals surface area contributed by atoms with E-state index in [4.69, 9.17) is 0 Å². The van der Waals surface area contributed by atoms with Crippen LogP contribution in [-0.2, 0) is 5.41 Å². The summed E-state index contributed by atoms with van der Waals surface area (Å²) in [5.41, 5.74) is 15.2. The summed E-state index contributed by atoms with van der Waals surface area (Å²) in [5.74, 6) is 0. The van der Waals surface area contributed by atoms with E-state index in [-0.39, 0.29) is 10.6 Å². The zero-order valence-electron chi connectivity index (χ0n) is 27.0. The maximum Gasteiger partial charge on any atom is 0.277 e. The third-order valence-electron chi connectivity index (χ3n) is 10.8. The van der Waals surface area contributed by atoms with Gasteiger partial charge in [-0.2, -0.15) is 0 Å². The van der Waals surface area contributed by atoms with Gasteiger partial charge in [-0.3, -0.25) is 10.1 Å².